The zero-order valence-corrected chi connectivity index (χ0v) is 11.9. The van der Waals surface area contributed by atoms with Crippen LogP contribution in [0.5, 0.6) is 0 Å². The van der Waals surface area contributed by atoms with Crippen molar-refractivity contribution in [3.63, 3.8) is 0 Å². The maximum atomic E-state index is 13.2. The molecule has 20 heavy (non-hydrogen) atoms. The summed E-state index contributed by atoms with van der Waals surface area (Å²) in [5.74, 6) is -0.155. The molecule has 3 rings (SSSR count). The van der Waals surface area contributed by atoms with Gasteiger partial charge in [0, 0.05) is 51.4 Å². The second kappa shape index (κ2) is 6.20. The average molecular weight is 278 g/mol. The van der Waals surface area contributed by atoms with Gasteiger partial charge in [-0.15, -0.1) is 0 Å². The molecule has 2 aliphatic rings. The van der Waals surface area contributed by atoms with Crippen LogP contribution in [0, 0.1) is 5.82 Å². The molecule has 0 saturated carbocycles. The molecule has 0 aliphatic carbocycles. The van der Waals surface area contributed by atoms with Gasteiger partial charge in [0.25, 0.3) is 0 Å². The number of hydrogen-bond acceptors (Lipinski definition) is 3. The van der Waals surface area contributed by atoms with Crippen molar-refractivity contribution in [2.45, 2.75) is 18.3 Å². The molecule has 110 valence electrons. The molecular formula is C16H23FN2O. The third-order valence-electron chi connectivity index (χ3n) is 4.64. The molecule has 4 heteroatoms. The van der Waals surface area contributed by atoms with E-state index in [1.54, 1.807) is 12.1 Å². The second-order valence-electron chi connectivity index (χ2n) is 5.93. The van der Waals surface area contributed by atoms with Crippen LogP contribution in [0.4, 0.5) is 4.39 Å². The zero-order valence-electron chi connectivity index (χ0n) is 11.9. The summed E-state index contributed by atoms with van der Waals surface area (Å²) >= 11 is 0. The van der Waals surface area contributed by atoms with Gasteiger partial charge in [-0.25, -0.2) is 4.39 Å². The minimum Gasteiger partial charge on any atom is -0.381 e. The summed E-state index contributed by atoms with van der Waals surface area (Å²) in [7, 11) is 0. The van der Waals surface area contributed by atoms with E-state index in [9.17, 15) is 4.39 Å². The van der Waals surface area contributed by atoms with E-state index in [0.717, 1.165) is 58.8 Å². The Kier molecular flexibility index (Phi) is 4.34. The minimum absolute atomic E-state index is 0.128. The first-order chi connectivity index (χ1) is 9.78. The number of nitrogens with zero attached hydrogens (tertiary/aromatic N) is 1. The lowest BCUT2D eigenvalue weighted by Crippen LogP contribution is -2.51. The van der Waals surface area contributed by atoms with Crippen molar-refractivity contribution >= 4 is 0 Å². The standard InChI is InChI=1S/C16H23FN2O/c17-15-3-1-14(2-4-15)16(5-11-20-12-6-16)13-19-9-7-18-8-10-19/h1-4,18H,5-13H2. The third-order valence-corrected chi connectivity index (χ3v) is 4.64. The van der Waals surface area contributed by atoms with Gasteiger partial charge in [0.05, 0.1) is 0 Å². The van der Waals surface area contributed by atoms with Crippen LogP contribution >= 0.6 is 0 Å². The van der Waals surface area contributed by atoms with Gasteiger partial charge < -0.3 is 10.1 Å². The van der Waals surface area contributed by atoms with Gasteiger partial charge in [0.15, 0.2) is 0 Å². The Labute approximate surface area is 120 Å². The fourth-order valence-corrected chi connectivity index (χ4v) is 3.40. The molecule has 0 radical (unpaired) electrons. The zero-order chi connectivity index (χ0) is 13.8. The van der Waals surface area contributed by atoms with E-state index in [0.29, 0.717) is 0 Å². The molecule has 3 nitrogen and oxygen atoms in total. The van der Waals surface area contributed by atoms with Crippen molar-refractivity contribution in [3.05, 3.63) is 35.6 Å². The molecule has 1 aromatic rings. The Morgan fingerprint density at radius 3 is 2.40 bits per heavy atom. The van der Waals surface area contributed by atoms with Crippen molar-refractivity contribution in [2.75, 3.05) is 45.9 Å². The first-order valence-electron chi connectivity index (χ1n) is 7.55. The van der Waals surface area contributed by atoms with Crippen LogP contribution in [0.3, 0.4) is 0 Å². The number of benzene rings is 1. The number of nitrogens with one attached hydrogen (secondary N) is 1. The van der Waals surface area contributed by atoms with E-state index < -0.39 is 0 Å². The van der Waals surface area contributed by atoms with Crippen LogP contribution in [0.2, 0.25) is 0 Å². The van der Waals surface area contributed by atoms with Crippen molar-refractivity contribution in [2.24, 2.45) is 0 Å². The highest BCUT2D eigenvalue weighted by Crippen LogP contribution is 2.35. The molecule has 0 spiro atoms. The number of halogens is 1. The Morgan fingerprint density at radius 1 is 1.10 bits per heavy atom. The van der Waals surface area contributed by atoms with Crippen LogP contribution in [0.25, 0.3) is 0 Å². The van der Waals surface area contributed by atoms with Crippen LogP contribution in [-0.2, 0) is 10.2 Å². The number of hydrogen-bond donors (Lipinski definition) is 1. The van der Waals surface area contributed by atoms with E-state index in [1.807, 2.05) is 12.1 Å². The van der Waals surface area contributed by atoms with Crippen molar-refractivity contribution in [3.8, 4) is 0 Å². The van der Waals surface area contributed by atoms with E-state index >= 15 is 0 Å². The van der Waals surface area contributed by atoms with E-state index in [2.05, 4.69) is 10.2 Å². The number of ether oxygens (including phenoxy) is 1. The molecule has 0 amide bonds. The largest absolute Gasteiger partial charge is 0.381 e. The van der Waals surface area contributed by atoms with E-state index in [1.165, 1.54) is 5.56 Å². The van der Waals surface area contributed by atoms with Gasteiger partial charge >= 0.3 is 0 Å². The lowest BCUT2D eigenvalue weighted by molar-refractivity contribution is 0.0320. The molecule has 0 aromatic heterocycles. The third kappa shape index (κ3) is 3.03. The highest BCUT2D eigenvalue weighted by molar-refractivity contribution is 5.27. The molecule has 2 aliphatic heterocycles. The summed E-state index contributed by atoms with van der Waals surface area (Å²) in [4.78, 5) is 2.53. The van der Waals surface area contributed by atoms with E-state index in [4.69, 9.17) is 4.74 Å². The summed E-state index contributed by atoms with van der Waals surface area (Å²) in [6, 6.07) is 7.10. The summed E-state index contributed by atoms with van der Waals surface area (Å²) < 4.78 is 18.7. The lowest BCUT2D eigenvalue weighted by Gasteiger charge is -2.42. The summed E-state index contributed by atoms with van der Waals surface area (Å²) in [5, 5.41) is 3.40. The fraction of sp³-hybridized carbons (Fsp3) is 0.625. The smallest absolute Gasteiger partial charge is 0.123 e. The van der Waals surface area contributed by atoms with Gasteiger partial charge in [0.1, 0.15) is 5.82 Å². The molecule has 0 bridgehead atoms. The van der Waals surface area contributed by atoms with Crippen LogP contribution < -0.4 is 5.32 Å². The van der Waals surface area contributed by atoms with Gasteiger partial charge in [-0.05, 0) is 30.5 Å². The monoisotopic (exact) mass is 278 g/mol. The predicted molar refractivity (Wildman–Crippen MR) is 77.4 cm³/mol. The highest BCUT2D eigenvalue weighted by Gasteiger charge is 2.36. The van der Waals surface area contributed by atoms with Crippen LogP contribution in [0.15, 0.2) is 24.3 Å². The summed E-state index contributed by atoms with van der Waals surface area (Å²) in [6.45, 7) is 7.01. The fourth-order valence-electron chi connectivity index (χ4n) is 3.40. The van der Waals surface area contributed by atoms with Gasteiger partial charge in [-0.3, -0.25) is 4.90 Å². The average Bonchev–Trinajstić information content (AvgIpc) is 2.50. The normalized spacial score (nSPS) is 23.6. The van der Waals surface area contributed by atoms with Crippen LogP contribution in [0.1, 0.15) is 18.4 Å². The lowest BCUT2D eigenvalue weighted by atomic mass is 9.73. The Balaban J connectivity index is 1.81. The SMILES string of the molecule is Fc1ccc(C2(CN3CCNCC3)CCOCC2)cc1. The Morgan fingerprint density at radius 2 is 1.75 bits per heavy atom. The first kappa shape index (κ1) is 14.0. The number of piperazine rings is 1. The quantitative estimate of drug-likeness (QED) is 0.912. The summed E-state index contributed by atoms with van der Waals surface area (Å²) in [6.07, 6.45) is 2.06. The molecule has 1 N–H and O–H groups in total. The molecule has 1 aromatic carbocycles. The maximum Gasteiger partial charge on any atom is 0.123 e. The molecule has 0 atom stereocenters. The van der Waals surface area contributed by atoms with Crippen LogP contribution in [-0.4, -0.2) is 50.8 Å². The topological polar surface area (TPSA) is 24.5 Å². The molecular weight excluding hydrogens is 255 g/mol. The highest BCUT2D eigenvalue weighted by atomic mass is 19.1. The Bertz CT molecular complexity index is 423. The molecule has 0 unspecified atom stereocenters. The van der Waals surface area contributed by atoms with Gasteiger partial charge in [0.2, 0.25) is 0 Å². The Hall–Kier alpha value is -0.970. The second-order valence-corrected chi connectivity index (χ2v) is 5.93. The first-order valence-corrected chi connectivity index (χ1v) is 7.55. The number of rotatable bonds is 3. The molecule has 2 fully saturated rings. The summed E-state index contributed by atoms with van der Waals surface area (Å²) in [5.41, 5.74) is 1.39. The van der Waals surface area contributed by atoms with Crippen molar-refractivity contribution < 1.29 is 9.13 Å². The van der Waals surface area contributed by atoms with E-state index in [-0.39, 0.29) is 11.2 Å². The maximum absolute atomic E-state index is 13.2. The van der Waals surface area contributed by atoms with Crippen molar-refractivity contribution in [1.82, 2.24) is 10.2 Å². The van der Waals surface area contributed by atoms with Crippen molar-refractivity contribution in [1.29, 1.82) is 0 Å². The predicted octanol–water partition coefficient (Wildman–Crippen LogP) is 1.78. The van der Waals surface area contributed by atoms with Gasteiger partial charge in [-0.2, -0.15) is 0 Å². The molecule has 2 heterocycles. The molecule has 2 saturated heterocycles. The minimum atomic E-state index is -0.155. The van der Waals surface area contributed by atoms with Gasteiger partial charge in [-0.1, -0.05) is 12.1 Å².